The Hall–Kier alpha value is -2.98. The Labute approximate surface area is 168 Å². The van der Waals surface area contributed by atoms with Gasteiger partial charge in [-0.1, -0.05) is 44.2 Å². The van der Waals surface area contributed by atoms with Crippen molar-refractivity contribution in [1.82, 2.24) is 16.0 Å². The second-order valence-electron chi connectivity index (χ2n) is 6.88. The van der Waals surface area contributed by atoms with E-state index in [9.17, 15) is 24.3 Å². The number of benzene rings is 1. The van der Waals surface area contributed by atoms with Gasteiger partial charge in [-0.15, -0.1) is 0 Å². The van der Waals surface area contributed by atoms with Crippen LogP contribution in [-0.2, 0) is 25.6 Å². The van der Waals surface area contributed by atoms with Crippen molar-refractivity contribution in [2.75, 3.05) is 13.2 Å². The maximum absolute atomic E-state index is 12.5. The van der Waals surface area contributed by atoms with E-state index in [2.05, 4.69) is 16.0 Å². The topological polar surface area (TPSA) is 171 Å². The molecule has 160 valence electrons. The van der Waals surface area contributed by atoms with Gasteiger partial charge in [0.05, 0.1) is 12.6 Å². The highest BCUT2D eigenvalue weighted by atomic mass is 16.4. The molecule has 0 spiro atoms. The lowest BCUT2D eigenvalue weighted by Gasteiger charge is -2.25. The number of aliphatic hydroxyl groups excluding tert-OH is 1. The van der Waals surface area contributed by atoms with Gasteiger partial charge in [0.25, 0.3) is 0 Å². The molecule has 1 aromatic rings. The third-order valence-corrected chi connectivity index (χ3v) is 4.11. The number of aliphatic carboxylic acids is 1. The summed E-state index contributed by atoms with van der Waals surface area (Å²) in [5.41, 5.74) is 6.81. The Morgan fingerprint density at radius 3 is 2.14 bits per heavy atom. The second kappa shape index (κ2) is 11.8. The van der Waals surface area contributed by atoms with Crippen LogP contribution in [0.25, 0.3) is 0 Å². The van der Waals surface area contributed by atoms with Crippen LogP contribution in [-0.4, -0.2) is 65.2 Å². The highest BCUT2D eigenvalue weighted by Gasteiger charge is 2.29. The van der Waals surface area contributed by atoms with E-state index in [0.29, 0.717) is 0 Å². The van der Waals surface area contributed by atoms with Crippen molar-refractivity contribution in [3.8, 4) is 0 Å². The lowest BCUT2D eigenvalue weighted by molar-refractivity contribution is -0.139. The van der Waals surface area contributed by atoms with Crippen molar-refractivity contribution in [2.24, 2.45) is 11.7 Å². The van der Waals surface area contributed by atoms with E-state index in [0.717, 1.165) is 5.56 Å². The maximum atomic E-state index is 12.5. The molecule has 0 aliphatic carbocycles. The minimum absolute atomic E-state index is 0.288. The predicted octanol–water partition coefficient (Wildman–Crippen LogP) is -1.62. The first kappa shape index (κ1) is 24.1. The van der Waals surface area contributed by atoms with Crippen LogP contribution in [0.3, 0.4) is 0 Å². The molecule has 1 rings (SSSR count). The number of rotatable bonds is 11. The van der Waals surface area contributed by atoms with Crippen LogP contribution in [0.1, 0.15) is 19.4 Å². The van der Waals surface area contributed by atoms with E-state index >= 15 is 0 Å². The van der Waals surface area contributed by atoms with E-state index < -0.39 is 55.0 Å². The monoisotopic (exact) mass is 408 g/mol. The van der Waals surface area contributed by atoms with E-state index in [1.807, 2.05) is 30.3 Å². The zero-order valence-corrected chi connectivity index (χ0v) is 16.4. The molecule has 0 saturated heterocycles. The summed E-state index contributed by atoms with van der Waals surface area (Å²) in [5, 5.41) is 24.9. The highest BCUT2D eigenvalue weighted by Crippen LogP contribution is 2.06. The molecule has 10 nitrogen and oxygen atoms in total. The van der Waals surface area contributed by atoms with Gasteiger partial charge >= 0.3 is 5.97 Å². The van der Waals surface area contributed by atoms with Gasteiger partial charge in [0, 0.05) is 0 Å². The zero-order valence-electron chi connectivity index (χ0n) is 16.4. The number of carbonyl (C=O) groups excluding carboxylic acids is 3. The van der Waals surface area contributed by atoms with Crippen molar-refractivity contribution in [2.45, 2.75) is 38.4 Å². The highest BCUT2D eigenvalue weighted by molar-refractivity contribution is 5.93. The summed E-state index contributed by atoms with van der Waals surface area (Å²) < 4.78 is 0. The van der Waals surface area contributed by atoms with E-state index in [-0.39, 0.29) is 12.3 Å². The minimum atomic E-state index is -1.35. The lowest BCUT2D eigenvalue weighted by Crippen LogP contribution is -2.58. The number of carboxylic acid groups (broad SMARTS) is 1. The molecule has 0 aliphatic heterocycles. The third-order valence-electron chi connectivity index (χ3n) is 4.11. The first-order valence-electron chi connectivity index (χ1n) is 9.16. The molecule has 0 saturated carbocycles. The van der Waals surface area contributed by atoms with Crippen molar-refractivity contribution in [1.29, 1.82) is 0 Å². The molecule has 10 heteroatoms. The Bertz CT molecular complexity index is 710. The van der Waals surface area contributed by atoms with Gasteiger partial charge in [-0.3, -0.25) is 19.2 Å². The van der Waals surface area contributed by atoms with Gasteiger partial charge in [0.15, 0.2) is 0 Å². The van der Waals surface area contributed by atoms with Crippen molar-refractivity contribution in [3.63, 3.8) is 0 Å². The fraction of sp³-hybridized carbons (Fsp3) is 0.474. The van der Waals surface area contributed by atoms with Gasteiger partial charge in [-0.25, -0.2) is 0 Å². The first-order valence-corrected chi connectivity index (χ1v) is 9.16. The molecular formula is C19H28N4O6. The molecule has 3 unspecified atom stereocenters. The number of hydrogen-bond acceptors (Lipinski definition) is 6. The summed E-state index contributed by atoms with van der Waals surface area (Å²) in [6, 6.07) is 5.95. The van der Waals surface area contributed by atoms with E-state index in [1.165, 1.54) is 0 Å². The number of carboxylic acids is 1. The molecule has 0 fully saturated rings. The molecule has 7 N–H and O–H groups in total. The van der Waals surface area contributed by atoms with Gasteiger partial charge in [-0.2, -0.15) is 0 Å². The van der Waals surface area contributed by atoms with Crippen LogP contribution < -0.4 is 21.7 Å². The Morgan fingerprint density at radius 1 is 1.00 bits per heavy atom. The summed E-state index contributed by atoms with van der Waals surface area (Å²) in [5.74, 6) is -3.66. The summed E-state index contributed by atoms with van der Waals surface area (Å²) >= 11 is 0. The Balaban J connectivity index is 2.71. The average molecular weight is 408 g/mol. The molecule has 0 bridgehead atoms. The minimum Gasteiger partial charge on any atom is -0.480 e. The Morgan fingerprint density at radius 2 is 1.62 bits per heavy atom. The number of hydrogen-bond donors (Lipinski definition) is 6. The predicted molar refractivity (Wildman–Crippen MR) is 105 cm³/mol. The largest absolute Gasteiger partial charge is 0.480 e. The fourth-order valence-electron chi connectivity index (χ4n) is 2.50. The summed E-state index contributed by atoms with van der Waals surface area (Å²) in [4.78, 5) is 47.4. The Kier molecular flexibility index (Phi) is 9.76. The number of aliphatic hydroxyl groups is 1. The van der Waals surface area contributed by atoms with Crippen molar-refractivity contribution < 1.29 is 29.4 Å². The van der Waals surface area contributed by atoms with Crippen LogP contribution >= 0.6 is 0 Å². The molecule has 1 aromatic carbocycles. The van der Waals surface area contributed by atoms with Crippen molar-refractivity contribution in [3.05, 3.63) is 35.9 Å². The number of carbonyl (C=O) groups is 4. The van der Waals surface area contributed by atoms with Crippen molar-refractivity contribution >= 4 is 23.7 Å². The van der Waals surface area contributed by atoms with Crippen LogP contribution in [0.4, 0.5) is 0 Å². The molecule has 3 atom stereocenters. The SMILES string of the molecule is CC(C)C(NC(=O)C(N)Cc1ccccc1)C(=O)NC(CO)C(=O)NCC(=O)O. The number of nitrogens with two attached hydrogens (primary N) is 1. The van der Waals surface area contributed by atoms with Gasteiger partial charge in [0.1, 0.15) is 18.6 Å². The first-order chi connectivity index (χ1) is 13.6. The van der Waals surface area contributed by atoms with E-state index in [4.69, 9.17) is 10.8 Å². The molecule has 0 aliphatic rings. The molecule has 0 aromatic heterocycles. The molecule has 0 radical (unpaired) electrons. The number of nitrogens with one attached hydrogen (secondary N) is 3. The normalized spacial score (nSPS) is 13.8. The van der Waals surface area contributed by atoms with Crippen LogP contribution in [0, 0.1) is 5.92 Å². The quantitative estimate of drug-likeness (QED) is 0.255. The summed E-state index contributed by atoms with van der Waals surface area (Å²) in [6.07, 6.45) is 0.288. The summed E-state index contributed by atoms with van der Waals surface area (Å²) in [6.45, 7) is 2.02. The van der Waals surface area contributed by atoms with Crippen LogP contribution in [0.2, 0.25) is 0 Å². The fourth-order valence-corrected chi connectivity index (χ4v) is 2.50. The van der Waals surface area contributed by atoms with Crippen LogP contribution in [0.5, 0.6) is 0 Å². The molecule has 29 heavy (non-hydrogen) atoms. The van der Waals surface area contributed by atoms with E-state index in [1.54, 1.807) is 13.8 Å². The maximum Gasteiger partial charge on any atom is 0.322 e. The van der Waals surface area contributed by atoms with Crippen LogP contribution in [0.15, 0.2) is 30.3 Å². The molecule has 3 amide bonds. The van der Waals surface area contributed by atoms with Gasteiger partial charge in [-0.05, 0) is 17.9 Å². The third kappa shape index (κ3) is 8.28. The molecule has 0 heterocycles. The zero-order chi connectivity index (χ0) is 22.0. The van der Waals surface area contributed by atoms with Gasteiger partial charge < -0.3 is 31.9 Å². The smallest absolute Gasteiger partial charge is 0.322 e. The molecular weight excluding hydrogens is 380 g/mol. The standard InChI is InChI=1S/C19H28N4O6/c1-11(2)16(19(29)22-14(10-24)18(28)21-9-15(25)26)23-17(27)13(20)8-12-6-4-3-5-7-12/h3-7,11,13-14,16,24H,8-10,20H2,1-2H3,(H,21,28)(H,22,29)(H,23,27)(H,25,26). The number of amides is 3. The summed E-state index contributed by atoms with van der Waals surface area (Å²) in [7, 11) is 0. The van der Waals surface area contributed by atoms with Gasteiger partial charge in [0.2, 0.25) is 17.7 Å². The average Bonchev–Trinajstić information content (AvgIpc) is 2.68. The lowest BCUT2D eigenvalue weighted by atomic mass is 10.0. The second-order valence-corrected chi connectivity index (χ2v) is 6.88.